The lowest BCUT2D eigenvalue weighted by molar-refractivity contribution is 0.301. The van der Waals surface area contributed by atoms with Crippen LogP contribution in [0.25, 0.3) is 10.9 Å². The van der Waals surface area contributed by atoms with Crippen molar-refractivity contribution < 1.29 is 4.74 Å². The van der Waals surface area contributed by atoms with Gasteiger partial charge in [0.1, 0.15) is 24.5 Å². The molecular formula is C19H13ClIN5O. The Morgan fingerprint density at radius 3 is 2.78 bits per heavy atom. The van der Waals surface area contributed by atoms with Crippen LogP contribution in [-0.2, 0) is 6.61 Å². The van der Waals surface area contributed by atoms with Crippen LogP contribution in [0.4, 0.5) is 11.5 Å². The van der Waals surface area contributed by atoms with Crippen molar-refractivity contribution >= 4 is 56.6 Å². The summed E-state index contributed by atoms with van der Waals surface area (Å²) in [6, 6.07) is 11.5. The number of halogens is 2. The molecule has 8 heteroatoms. The largest absolute Gasteiger partial charge is 0.486 e. The zero-order chi connectivity index (χ0) is 18.6. The molecule has 0 spiro atoms. The molecule has 0 aliphatic heterocycles. The number of rotatable bonds is 5. The number of fused-ring (bicyclic) bond motifs is 1. The molecule has 4 rings (SSSR count). The summed E-state index contributed by atoms with van der Waals surface area (Å²) in [5.41, 5.74) is 2.42. The van der Waals surface area contributed by atoms with Crippen molar-refractivity contribution in [1.29, 1.82) is 0 Å². The molecule has 134 valence electrons. The maximum absolute atomic E-state index is 6.37. The van der Waals surface area contributed by atoms with Gasteiger partial charge < -0.3 is 10.1 Å². The third kappa shape index (κ3) is 4.25. The Morgan fingerprint density at radius 2 is 1.96 bits per heavy atom. The molecule has 0 unspecified atom stereocenters. The molecule has 27 heavy (non-hydrogen) atoms. The van der Waals surface area contributed by atoms with Crippen LogP contribution < -0.4 is 10.1 Å². The van der Waals surface area contributed by atoms with Gasteiger partial charge in [-0.2, -0.15) is 0 Å². The van der Waals surface area contributed by atoms with E-state index in [9.17, 15) is 0 Å². The molecule has 0 radical (unpaired) electrons. The van der Waals surface area contributed by atoms with Gasteiger partial charge in [0, 0.05) is 27.0 Å². The molecule has 0 amide bonds. The maximum Gasteiger partial charge on any atom is 0.141 e. The van der Waals surface area contributed by atoms with Crippen LogP contribution in [-0.4, -0.2) is 19.9 Å². The molecule has 2 aromatic carbocycles. The first-order chi connectivity index (χ1) is 13.2. The molecule has 0 bridgehead atoms. The van der Waals surface area contributed by atoms with Crippen LogP contribution in [0.3, 0.4) is 0 Å². The molecule has 4 aromatic rings. The van der Waals surface area contributed by atoms with E-state index >= 15 is 0 Å². The molecule has 0 saturated heterocycles. The number of nitrogens with one attached hydrogen (secondary N) is 1. The lowest BCUT2D eigenvalue weighted by Gasteiger charge is -2.11. The first kappa shape index (κ1) is 17.9. The Kier molecular flexibility index (Phi) is 5.30. The average molecular weight is 490 g/mol. The van der Waals surface area contributed by atoms with Gasteiger partial charge >= 0.3 is 0 Å². The van der Waals surface area contributed by atoms with Crippen molar-refractivity contribution in [1.82, 2.24) is 19.9 Å². The fourth-order valence-electron chi connectivity index (χ4n) is 2.52. The third-order valence-electron chi connectivity index (χ3n) is 3.78. The van der Waals surface area contributed by atoms with Gasteiger partial charge in [-0.3, -0.25) is 9.97 Å². The third-order valence-corrected chi connectivity index (χ3v) is 4.75. The molecule has 0 aliphatic rings. The highest BCUT2D eigenvalue weighted by Crippen LogP contribution is 2.31. The topological polar surface area (TPSA) is 72.8 Å². The second-order valence-corrected chi connectivity index (χ2v) is 7.29. The van der Waals surface area contributed by atoms with E-state index in [1.54, 1.807) is 24.7 Å². The molecule has 6 nitrogen and oxygen atoms in total. The Hall–Kier alpha value is -2.52. The van der Waals surface area contributed by atoms with Gasteiger partial charge in [-0.1, -0.05) is 11.6 Å². The molecule has 0 fully saturated rings. The highest BCUT2D eigenvalue weighted by molar-refractivity contribution is 14.1. The minimum atomic E-state index is 0.301. The standard InChI is InChI=1S/C19H13ClIN5O/c20-16-8-13(2-4-18(16)27-10-14-9-22-5-6-23-14)26-19-15-7-12(21)1-3-17(15)24-11-25-19/h1-9,11H,10H2,(H,24,25,26). The summed E-state index contributed by atoms with van der Waals surface area (Å²) in [6.07, 6.45) is 6.44. The van der Waals surface area contributed by atoms with Crippen molar-refractivity contribution in [2.45, 2.75) is 6.61 Å². The van der Waals surface area contributed by atoms with Gasteiger partial charge in [0.2, 0.25) is 0 Å². The Balaban J connectivity index is 1.54. The van der Waals surface area contributed by atoms with Gasteiger partial charge in [-0.15, -0.1) is 0 Å². The number of hydrogen-bond donors (Lipinski definition) is 1. The molecule has 1 N–H and O–H groups in total. The Morgan fingerprint density at radius 1 is 1.04 bits per heavy atom. The first-order valence-corrected chi connectivity index (χ1v) is 9.49. The monoisotopic (exact) mass is 489 g/mol. The zero-order valence-corrected chi connectivity index (χ0v) is 16.8. The number of hydrogen-bond acceptors (Lipinski definition) is 6. The summed E-state index contributed by atoms with van der Waals surface area (Å²) in [7, 11) is 0. The zero-order valence-electron chi connectivity index (χ0n) is 13.9. The number of benzene rings is 2. The summed E-state index contributed by atoms with van der Waals surface area (Å²) in [6.45, 7) is 0.301. The van der Waals surface area contributed by atoms with E-state index < -0.39 is 0 Å². The van der Waals surface area contributed by atoms with Gasteiger partial charge in [-0.05, 0) is 59.0 Å². The summed E-state index contributed by atoms with van der Waals surface area (Å²) in [4.78, 5) is 16.8. The smallest absolute Gasteiger partial charge is 0.141 e. The van der Waals surface area contributed by atoms with Crippen LogP contribution >= 0.6 is 34.2 Å². The second-order valence-electron chi connectivity index (χ2n) is 5.64. The Bertz CT molecular complexity index is 1090. The SMILES string of the molecule is Clc1cc(Nc2ncnc3ccc(I)cc23)ccc1OCc1cnccn1. The fraction of sp³-hybridized carbons (Fsp3) is 0.0526. The van der Waals surface area contributed by atoms with E-state index in [0.717, 1.165) is 31.7 Å². The van der Waals surface area contributed by atoms with Gasteiger partial charge in [-0.25, -0.2) is 9.97 Å². The minimum Gasteiger partial charge on any atom is -0.486 e. The van der Waals surface area contributed by atoms with Crippen LogP contribution in [0.5, 0.6) is 5.75 Å². The van der Waals surface area contributed by atoms with Crippen LogP contribution in [0.15, 0.2) is 61.3 Å². The first-order valence-electron chi connectivity index (χ1n) is 8.03. The van der Waals surface area contributed by atoms with E-state index in [4.69, 9.17) is 16.3 Å². The minimum absolute atomic E-state index is 0.301. The van der Waals surface area contributed by atoms with Gasteiger partial charge in [0.05, 0.1) is 22.4 Å². The number of nitrogens with zero attached hydrogens (tertiary/aromatic N) is 4. The quantitative estimate of drug-likeness (QED) is 0.398. The van der Waals surface area contributed by atoms with Gasteiger partial charge in [0.25, 0.3) is 0 Å². The van der Waals surface area contributed by atoms with Crippen molar-refractivity contribution in [3.63, 3.8) is 0 Å². The van der Waals surface area contributed by atoms with Crippen LogP contribution in [0.1, 0.15) is 5.69 Å². The van der Waals surface area contributed by atoms with E-state index in [1.165, 1.54) is 6.33 Å². The van der Waals surface area contributed by atoms with E-state index in [-0.39, 0.29) is 0 Å². The molecule has 0 aliphatic carbocycles. The highest BCUT2D eigenvalue weighted by atomic mass is 127. The van der Waals surface area contributed by atoms with Crippen LogP contribution in [0.2, 0.25) is 5.02 Å². The van der Waals surface area contributed by atoms with Crippen molar-refractivity contribution in [2.75, 3.05) is 5.32 Å². The van der Waals surface area contributed by atoms with Crippen molar-refractivity contribution in [3.05, 3.63) is 75.6 Å². The average Bonchev–Trinajstić information content (AvgIpc) is 2.69. The second kappa shape index (κ2) is 8.01. The highest BCUT2D eigenvalue weighted by Gasteiger charge is 2.08. The van der Waals surface area contributed by atoms with E-state index in [1.807, 2.05) is 30.3 Å². The normalized spacial score (nSPS) is 10.7. The summed E-state index contributed by atoms with van der Waals surface area (Å²) in [5, 5.41) is 4.74. The van der Waals surface area contributed by atoms with E-state index in [2.05, 4.69) is 47.8 Å². The van der Waals surface area contributed by atoms with Crippen LogP contribution in [0, 0.1) is 3.57 Å². The summed E-state index contributed by atoms with van der Waals surface area (Å²) in [5.74, 6) is 1.30. The van der Waals surface area contributed by atoms with E-state index in [0.29, 0.717) is 17.4 Å². The van der Waals surface area contributed by atoms with Crippen molar-refractivity contribution in [2.24, 2.45) is 0 Å². The predicted molar refractivity (Wildman–Crippen MR) is 113 cm³/mol. The predicted octanol–water partition coefficient (Wildman–Crippen LogP) is 5.00. The molecular weight excluding hydrogens is 477 g/mol. The summed E-state index contributed by atoms with van der Waals surface area (Å²) >= 11 is 8.64. The molecule has 0 atom stereocenters. The number of aromatic nitrogens is 4. The van der Waals surface area contributed by atoms with Crippen molar-refractivity contribution in [3.8, 4) is 5.75 Å². The maximum atomic E-state index is 6.37. The fourth-order valence-corrected chi connectivity index (χ4v) is 3.24. The number of ether oxygens (including phenoxy) is 1. The molecule has 0 saturated carbocycles. The number of anilines is 2. The summed E-state index contributed by atoms with van der Waals surface area (Å²) < 4.78 is 6.84. The lowest BCUT2D eigenvalue weighted by Crippen LogP contribution is -2.00. The molecule has 2 aromatic heterocycles. The molecule has 2 heterocycles. The Labute approximate surface area is 174 Å². The van der Waals surface area contributed by atoms with Gasteiger partial charge in [0.15, 0.2) is 0 Å². The lowest BCUT2D eigenvalue weighted by atomic mass is 10.2.